The molecular formula is C30H28F4N6O. The van der Waals surface area contributed by atoms with Gasteiger partial charge in [-0.05, 0) is 87.8 Å². The molecule has 5 rings (SSSR count). The van der Waals surface area contributed by atoms with Crippen LogP contribution in [0.2, 0.25) is 0 Å². The highest BCUT2D eigenvalue weighted by Gasteiger charge is 2.31. The zero-order valence-corrected chi connectivity index (χ0v) is 22.8. The van der Waals surface area contributed by atoms with Crippen LogP contribution in [-0.4, -0.2) is 58.6 Å². The molecule has 3 heterocycles. The first-order chi connectivity index (χ1) is 19.5. The number of imidazole rings is 1. The molecule has 0 unspecified atom stereocenters. The third kappa shape index (κ3) is 6.18. The number of hydrogen-bond donors (Lipinski definition) is 1. The molecule has 0 saturated carbocycles. The summed E-state index contributed by atoms with van der Waals surface area (Å²) in [5.74, 6) is 5.21. The SMILES string of the molecule is Cc1c(C#Cc2cnc3ccc(N4CCC(N(C)C)CC4)nn23)cccc1C(=O)Nc1cc(F)cc(C(F)(F)F)c1. The van der Waals surface area contributed by atoms with Crippen LogP contribution in [0.5, 0.6) is 0 Å². The van der Waals surface area contributed by atoms with E-state index in [4.69, 9.17) is 5.10 Å². The molecule has 0 radical (unpaired) electrons. The van der Waals surface area contributed by atoms with E-state index in [9.17, 15) is 22.4 Å². The highest BCUT2D eigenvalue weighted by molar-refractivity contribution is 6.05. The number of nitrogens with one attached hydrogen (secondary N) is 1. The lowest BCUT2D eigenvalue weighted by Crippen LogP contribution is -2.42. The van der Waals surface area contributed by atoms with Crippen molar-refractivity contribution >= 4 is 23.1 Å². The van der Waals surface area contributed by atoms with Gasteiger partial charge in [0.1, 0.15) is 17.3 Å². The fourth-order valence-corrected chi connectivity index (χ4v) is 4.90. The number of piperidine rings is 1. The van der Waals surface area contributed by atoms with Crippen LogP contribution in [0.3, 0.4) is 0 Å². The van der Waals surface area contributed by atoms with Crippen LogP contribution in [0, 0.1) is 24.6 Å². The van der Waals surface area contributed by atoms with Gasteiger partial charge in [-0.2, -0.15) is 13.2 Å². The van der Waals surface area contributed by atoms with Gasteiger partial charge in [0.25, 0.3) is 5.91 Å². The molecule has 0 aliphatic carbocycles. The topological polar surface area (TPSA) is 65.8 Å². The van der Waals surface area contributed by atoms with Gasteiger partial charge in [0.2, 0.25) is 0 Å². The van der Waals surface area contributed by atoms with Gasteiger partial charge >= 0.3 is 6.18 Å². The Balaban J connectivity index is 1.37. The maximum Gasteiger partial charge on any atom is 0.416 e. The molecule has 0 atom stereocenters. The van der Waals surface area contributed by atoms with Gasteiger partial charge in [0.05, 0.1) is 11.8 Å². The van der Waals surface area contributed by atoms with E-state index in [2.05, 4.69) is 46.0 Å². The first-order valence-corrected chi connectivity index (χ1v) is 13.1. The summed E-state index contributed by atoms with van der Waals surface area (Å²) in [4.78, 5) is 21.8. The smallest absolute Gasteiger partial charge is 0.355 e. The van der Waals surface area contributed by atoms with E-state index in [-0.39, 0.29) is 11.3 Å². The van der Waals surface area contributed by atoms with Crippen molar-refractivity contribution in [2.75, 3.05) is 37.4 Å². The molecule has 0 bridgehead atoms. The number of amides is 1. The summed E-state index contributed by atoms with van der Waals surface area (Å²) in [6.45, 7) is 3.49. The third-order valence-electron chi connectivity index (χ3n) is 7.25. The quantitative estimate of drug-likeness (QED) is 0.267. The number of carbonyl (C=O) groups excluding carboxylic acids is 1. The number of aromatic nitrogens is 3. The van der Waals surface area contributed by atoms with E-state index >= 15 is 0 Å². The normalized spacial score (nSPS) is 14.3. The Morgan fingerprint density at radius 1 is 1.07 bits per heavy atom. The molecule has 1 fully saturated rings. The Morgan fingerprint density at radius 3 is 2.54 bits per heavy atom. The lowest BCUT2D eigenvalue weighted by molar-refractivity contribution is -0.137. The monoisotopic (exact) mass is 564 g/mol. The number of fused-ring (bicyclic) bond motifs is 1. The van der Waals surface area contributed by atoms with Gasteiger partial charge < -0.3 is 15.1 Å². The second-order valence-corrected chi connectivity index (χ2v) is 10.2. The van der Waals surface area contributed by atoms with Crippen molar-refractivity contribution in [1.29, 1.82) is 0 Å². The third-order valence-corrected chi connectivity index (χ3v) is 7.25. The van der Waals surface area contributed by atoms with E-state index < -0.39 is 23.5 Å². The summed E-state index contributed by atoms with van der Waals surface area (Å²) in [6, 6.07) is 11.2. The van der Waals surface area contributed by atoms with E-state index in [0.717, 1.165) is 37.8 Å². The summed E-state index contributed by atoms with van der Waals surface area (Å²) in [7, 11) is 4.20. The number of halogens is 4. The largest absolute Gasteiger partial charge is 0.416 e. The van der Waals surface area contributed by atoms with Gasteiger partial charge in [-0.1, -0.05) is 12.0 Å². The van der Waals surface area contributed by atoms with Crippen molar-refractivity contribution in [2.45, 2.75) is 32.0 Å². The van der Waals surface area contributed by atoms with Crippen molar-refractivity contribution in [1.82, 2.24) is 19.5 Å². The van der Waals surface area contributed by atoms with Crippen LogP contribution < -0.4 is 10.2 Å². The van der Waals surface area contributed by atoms with Gasteiger partial charge in [-0.15, -0.1) is 5.10 Å². The summed E-state index contributed by atoms with van der Waals surface area (Å²) >= 11 is 0. The van der Waals surface area contributed by atoms with Crippen LogP contribution in [-0.2, 0) is 6.18 Å². The number of alkyl halides is 3. The number of hydrogen-bond acceptors (Lipinski definition) is 5. The summed E-state index contributed by atoms with van der Waals surface area (Å²) in [5, 5.41) is 7.14. The molecular weight excluding hydrogens is 536 g/mol. The lowest BCUT2D eigenvalue weighted by Gasteiger charge is -2.35. The van der Waals surface area contributed by atoms with Crippen LogP contribution in [0.4, 0.5) is 29.1 Å². The summed E-state index contributed by atoms with van der Waals surface area (Å²) in [5.41, 5.74) is 1.01. The standard InChI is InChI=1S/C30H28F4N6O/c1-19-20(5-4-6-26(19)29(41)36-23-16-21(30(32,33)34)15-22(31)17-23)7-8-25-18-35-27-9-10-28(37-40(25)27)39-13-11-24(12-14-39)38(2)3/h4-6,9-10,15-18,24H,11-14H2,1-3H3,(H,36,41). The predicted molar refractivity (Wildman–Crippen MR) is 148 cm³/mol. The number of nitrogens with zero attached hydrogens (tertiary/aromatic N) is 5. The van der Waals surface area contributed by atoms with Gasteiger partial charge in [0.15, 0.2) is 5.65 Å². The van der Waals surface area contributed by atoms with Crippen molar-refractivity contribution in [3.8, 4) is 11.8 Å². The maximum absolute atomic E-state index is 13.8. The van der Waals surface area contributed by atoms with Crippen molar-refractivity contribution in [2.24, 2.45) is 0 Å². The highest BCUT2D eigenvalue weighted by Crippen LogP contribution is 2.32. The highest BCUT2D eigenvalue weighted by atomic mass is 19.4. The molecule has 4 aromatic rings. The molecule has 2 aromatic carbocycles. The Hall–Kier alpha value is -4.43. The zero-order valence-electron chi connectivity index (χ0n) is 22.8. The Bertz CT molecular complexity index is 1660. The number of anilines is 2. The number of rotatable bonds is 4. The number of carbonyl (C=O) groups is 1. The molecule has 2 aromatic heterocycles. The minimum atomic E-state index is -4.75. The van der Waals surface area contributed by atoms with Crippen molar-refractivity contribution in [3.05, 3.63) is 88.5 Å². The minimum absolute atomic E-state index is 0.203. The van der Waals surface area contributed by atoms with E-state index in [1.54, 1.807) is 29.8 Å². The van der Waals surface area contributed by atoms with Gasteiger partial charge in [-0.25, -0.2) is 13.9 Å². The Labute approximate surface area is 234 Å². The molecule has 212 valence electrons. The fraction of sp³-hybridized carbons (Fsp3) is 0.300. The molecule has 7 nitrogen and oxygen atoms in total. The fourth-order valence-electron chi connectivity index (χ4n) is 4.90. The van der Waals surface area contributed by atoms with Crippen LogP contribution in [0.25, 0.3) is 5.65 Å². The van der Waals surface area contributed by atoms with Crippen molar-refractivity contribution in [3.63, 3.8) is 0 Å². The van der Waals surface area contributed by atoms with Crippen LogP contribution in [0.1, 0.15) is 45.6 Å². The van der Waals surface area contributed by atoms with Crippen molar-refractivity contribution < 1.29 is 22.4 Å². The van der Waals surface area contributed by atoms with Gasteiger partial charge in [0, 0.05) is 35.9 Å². The van der Waals surface area contributed by atoms with E-state index in [1.165, 1.54) is 6.07 Å². The van der Waals surface area contributed by atoms with E-state index in [1.807, 2.05) is 12.1 Å². The molecule has 0 spiro atoms. The van der Waals surface area contributed by atoms with Gasteiger partial charge in [-0.3, -0.25) is 4.79 Å². The summed E-state index contributed by atoms with van der Waals surface area (Å²) < 4.78 is 54.7. The van der Waals surface area contributed by atoms with E-state index in [0.29, 0.717) is 40.6 Å². The van der Waals surface area contributed by atoms with Crippen LogP contribution in [0.15, 0.2) is 54.7 Å². The molecule has 1 aliphatic rings. The predicted octanol–water partition coefficient (Wildman–Crippen LogP) is 5.38. The molecule has 11 heteroatoms. The Kier molecular flexibility index (Phi) is 7.69. The Morgan fingerprint density at radius 2 is 1.83 bits per heavy atom. The minimum Gasteiger partial charge on any atom is -0.355 e. The molecule has 1 N–H and O–H groups in total. The average Bonchev–Trinajstić information content (AvgIpc) is 3.34. The summed E-state index contributed by atoms with van der Waals surface area (Å²) in [6.07, 6.45) is -1.01. The van der Waals surface area contributed by atoms with Crippen LogP contribution >= 0.6 is 0 Å². The second-order valence-electron chi connectivity index (χ2n) is 10.2. The molecule has 41 heavy (non-hydrogen) atoms. The molecule has 1 aliphatic heterocycles. The molecule has 1 saturated heterocycles. The first-order valence-electron chi connectivity index (χ1n) is 13.1. The molecule has 1 amide bonds. The zero-order chi connectivity index (χ0) is 29.3. The average molecular weight is 565 g/mol. The lowest BCUT2D eigenvalue weighted by atomic mass is 10.0. The maximum atomic E-state index is 13.8. The first kappa shape index (κ1) is 28.1. The second kappa shape index (κ2) is 11.2. The number of benzene rings is 2.